The molecule has 1 fully saturated rings. The van der Waals surface area contributed by atoms with Crippen molar-refractivity contribution < 1.29 is 9.53 Å². The first kappa shape index (κ1) is 19.2. The Kier molecular flexibility index (Phi) is 7.56. The molecule has 1 amide bonds. The smallest absolute Gasteiger partial charge is 0.410 e. The lowest BCUT2D eigenvalue weighted by molar-refractivity contribution is 0.00938. The maximum absolute atomic E-state index is 11.9. The Labute approximate surface area is 125 Å². The number of likely N-dealkylation sites (tertiary alicyclic amines) is 1. The highest BCUT2D eigenvalue weighted by molar-refractivity contribution is 5.68. The number of nitrogens with zero attached hydrogens (tertiary/aromatic N) is 2. The highest BCUT2D eigenvalue weighted by Crippen LogP contribution is 2.31. The van der Waals surface area contributed by atoms with Gasteiger partial charge in [-0.05, 0) is 53.1 Å². The molecule has 1 heterocycles. The van der Waals surface area contributed by atoms with Crippen LogP contribution in [0.5, 0.6) is 0 Å². The van der Waals surface area contributed by atoms with E-state index >= 15 is 0 Å². The topological polar surface area (TPSA) is 32.8 Å². The van der Waals surface area contributed by atoms with Crippen LogP contribution in [-0.2, 0) is 4.74 Å². The van der Waals surface area contributed by atoms with Crippen molar-refractivity contribution in [1.29, 1.82) is 0 Å². The molecule has 1 aliphatic heterocycles. The monoisotopic (exact) mass is 286 g/mol. The molecule has 0 saturated carbocycles. The Hall–Kier alpha value is -0.770. The first-order chi connectivity index (χ1) is 9.11. The number of amides is 1. The van der Waals surface area contributed by atoms with Gasteiger partial charge in [0.05, 0.1) is 0 Å². The van der Waals surface area contributed by atoms with E-state index in [1.165, 1.54) is 0 Å². The van der Waals surface area contributed by atoms with E-state index in [0.717, 1.165) is 32.5 Å². The van der Waals surface area contributed by atoms with Crippen LogP contribution in [0.3, 0.4) is 0 Å². The van der Waals surface area contributed by atoms with Gasteiger partial charge in [-0.3, -0.25) is 0 Å². The van der Waals surface area contributed by atoms with Gasteiger partial charge in [0.2, 0.25) is 0 Å². The second-order valence-electron chi connectivity index (χ2n) is 7.02. The Bertz CT molecular complexity index is 287. The summed E-state index contributed by atoms with van der Waals surface area (Å²) in [4.78, 5) is 16.0. The minimum absolute atomic E-state index is 0.172. The summed E-state index contributed by atoms with van der Waals surface area (Å²) in [7, 11) is 4.21. The zero-order chi connectivity index (χ0) is 16.0. The van der Waals surface area contributed by atoms with E-state index in [0.29, 0.717) is 5.41 Å². The second-order valence-corrected chi connectivity index (χ2v) is 7.02. The number of ether oxygens (including phenoxy) is 1. The third-order valence-corrected chi connectivity index (χ3v) is 3.32. The van der Waals surface area contributed by atoms with E-state index in [2.05, 4.69) is 25.9 Å². The highest BCUT2D eigenvalue weighted by atomic mass is 16.6. The van der Waals surface area contributed by atoms with Gasteiger partial charge < -0.3 is 14.5 Å². The van der Waals surface area contributed by atoms with E-state index in [9.17, 15) is 4.79 Å². The van der Waals surface area contributed by atoms with Crippen molar-refractivity contribution in [3.8, 4) is 0 Å². The molecule has 0 bridgehead atoms. The summed E-state index contributed by atoms with van der Waals surface area (Å²) in [6.45, 7) is 14.7. The van der Waals surface area contributed by atoms with E-state index in [1.54, 1.807) is 0 Å². The SMILES string of the molecule is CC.CN(C)CC1(C)CCN(C(=O)OC(C)(C)C)CC1. The van der Waals surface area contributed by atoms with Gasteiger partial charge in [0.25, 0.3) is 0 Å². The maximum Gasteiger partial charge on any atom is 0.410 e. The fraction of sp³-hybridized carbons (Fsp3) is 0.938. The molecule has 0 spiro atoms. The predicted molar refractivity (Wildman–Crippen MR) is 85.1 cm³/mol. The number of hydrogen-bond donors (Lipinski definition) is 0. The number of hydrogen-bond acceptors (Lipinski definition) is 3. The highest BCUT2D eigenvalue weighted by Gasteiger charge is 2.33. The lowest BCUT2D eigenvalue weighted by Gasteiger charge is -2.41. The molecule has 1 saturated heterocycles. The maximum atomic E-state index is 11.9. The molecule has 4 heteroatoms. The van der Waals surface area contributed by atoms with Crippen molar-refractivity contribution in [1.82, 2.24) is 9.80 Å². The molecule has 20 heavy (non-hydrogen) atoms. The van der Waals surface area contributed by atoms with Crippen LogP contribution < -0.4 is 0 Å². The molecule has 120 valence electrons. The zero-order valence-electron chi connectivity index (χ0n) is 14.7. The summed E-state index contributed by atoms with van der Waals surface area (Å²) in [5.74, 6) is 0. The summed E-state index contributed by atoms with van der Waals surface area (Å²) in [5.41, 5.74) is -0.0799. The molecule has 1 rings (SSSR count). The fourth-order valence-electron chi connectivity index (χ4n) is 2.48. The van der Waals surface area contributed by atoms with Gasteiger partial charge in [0.1, 0.15) is 5.60 Å². The molecule has 0 aromatic heterocycles. The summed E-state index contributed by atoms with van der Waals surface area (Å²) in [6, 6.07) is 0. The first-order valence-electron chi connectivity index (χ1n) is 7.74. The predicted octanol–water partition coefficient (Wildman–Crippen LogP) is 3.61. The van der Waals surface area contributed by atoms with Crippen LogP contribution in [0.25, 0.3) is 0 Å². The molecule has 1 aliphatic rings. The van der Waals surface area contributed by atoms with Crippen LogP contribution in [0.15, 0.2) is 0 Å². The second kappa shape index (κ2) is 7.87. The van der Waals surface area contributed by atoms with Crippen LogP contribution in [-0.4, -0.2) is 55.2 Å². The summed E-state index contributed by atoms with van der Waals surface area (Å²) >= 11 is 0. The zero-order valence-corrected chi connectivity index (χ0v) is 14.7. The van der Waals surface area contributed by atoms with Crippen LogP contribution in [0.1, 0.15) is 54.4 Å². The van der Waals surface area contributed by atoms with E-state index in [4.69, 9.17) is 4.74 Å². The van der Waals surface area contributed by atoms with Gasteiger partial charge in [0, 0.05) is 19.6 Å². The average molecular weight is 286 g/mol. The summed E-state index contributed by atoms with van der Waals surface area (Å²) < 4.78 is 5.40. The summed E-state index contributed by atoms with van der Waals surface area (Å²) in [5, 5.41) is 0. The quantitative estimate of drug-likeness (QED) is 0.777. The van der Waals surface area contributed by atoms with Gasteiger partial charge in [0.15, 0.2) is 0 Å². The lowest BCUT2D eigenvalue weighted by atomic mass is 9.80. The van der Waals surface area contributed by atoms with E-state index in [-0.39, 0.29) is 6.09 Å². The van der Waals surface area contributed by atoms with Crippen molar-refractivity contribution >= 4 is 6.09 Å². The van der Waals surface area contributed by atoms with Gasteiger partial charge in [-0.1, -0.05) is 20.8 Å². The van der Waals surface area contributed by atoms with Gasteiger partial charge in [-0.25, -0.2) is 4.79 Å². The van der Waals surface area contributed by atoms with Crippen molar-refractivity contribution in [2.24, 2.45) is 5.41 Å². The van der Waals surface area contributed by atoms with Crippen LogP contribution in [0.4, 0.5) is 4.79 Å². The molecule has 4 nitrogen and oxygen atoms in total. The Morgan fingerprint density at radius 3 is 2.00 bits per heavy atom. The summed E-state index contributed by atoms with van der Waals surface area (Å²) in [6.07, 6.45) is 1.92. The van der Waals surface area contributed by atoms with Crippen molar-refractivity contribution in [3.05, 3.63) is 0 Å². The Morgan fingerprint density at radius 2 is 1.65 bits per heavy atom. The van der Waals surface area contributed by atoms with Gasteiger partial charge in [-0.2, -0.15) is 0 Å². The Balaban J connectivity index is 0.00000172. The average Bonchev–Trinajstić information content (AvgIpc) is 2.28. The normalized spacial score (nSPS) is 18.4. The minimum atomic E-state index is -0.401. The minimum Gasteiger partial charge on any atom is -0.444 e. The molecule has 0 aromatic rings. The largest absolute Gasteiger partial charge is 0.444 e. The standard InChI is InChI=1S/C14H28N2O2.C2H6/c1-13(2,3)18-12(17)16-9-7-14(4,8-10-16)11-15(5)6;1-2/h7-11H2,1-6H3;1-2H3. The molecular formula is C16H34N2O2. The molecule has 0 N–H and O–H groups in total. The molecule has 0 aliphatic carbocycles. The van der Waals surface area contributed by atoms with E-state index in [1.807, 2.05) is 39.5 Å². The lowest BCUT2D eigenvalue weighted by Crippen LogP contribution is -2.47. The van der Waals surface area contributed by atoms with E-state index < -0.39 is 5.60 Å². The fourth-order valence-corrected chi connectivity index (χ4v) is 2.48. The van der Waals surface area contributed by atoms with Crippen LogP contribution in [0, 0.1) is 5.41 Å². The molecular weight excluding hydrogens is 252 g/mol. The van der Waals surface area contributed by atoms with Gasteiger partial charge in [-0.15, -0.1) is 0 Å². The molecule has 0 aromatic carbocycles. The first-order valence-corrected chi connectivity index (χ1v) is 7.74. The Morgan fingerprint density at radius 1 is 1.20 bits per heavy atom. The number of carbonyl (C=O) groups excluding carboxylic acids is 1. The molecule has 0 unspecified atom stereocenters. The number of piperidine rings is 1. The number of rotatable bonds is 2. The third kappa shape index (κ3) is 7.13. The van der Waals surface area contributed by atoms with Crippen molar-refractivity contribution in [3.63, 3.8) is 0 Å². The van der Waals surface area contributed by atoms with Crippen molar-refractivity contribution in [2.45, 2.75) is 60.0 Å². The number of carbonyl (C=O) groups is 1. The molecule has 0 atom stereocenters. The molecule has 0 radical (unpaired) electrons. The third-order valence-electron chi connectivity index (χ3n) is 3.32. The van der Waals surface area contributed by atoms with Gasteiger partial charge >= 0.3 is 6.09 Å². The van der Waals surface area contributed by atoms with Crippen LogP contribution >= 0.6 is 0 Å². The van der Waals surface area contributed by atoms with Crippen molar-refractivity contribution in [2.75, 3.05) is 33.7 Å². The van der Waals surface area contributed by atoms with Crippen LogP contribution in [0.2, 0.25) is 0 Å².